The second-order valence-electron chi connectivity index (χ2n) is 3.71. The highest BCUT2D eigenvalue weighted by molar-refractivity contribution is 5.89. The lowest BCUT2D eigenvalue weighted by Crippen LogP contribution is -2.13. The van der Waals surface area contributed by atoms with Gasteiger partial charge in [0.1, 0.15) is 5.75 Å². The normalized spacial score (nSPS) is 11.3. The van der Waals surface area contributed by atoms with Crippen molar-refractivity contribution in [2.75, 3.05) is 6.61 Å². The fourth-order valence-corrected chi connectivity index (χ4v) is 1.37. The zero-order valence-electron chi connectivity index (χ0n) is 9.75. The first-order chi connectivity index (χ1) is 8.36. The molecule has 1 rings (SSSR count). The highest BCUT2D eigenvalue weighted by Gasteiger charge is 2.35. The zero-order valence-corrected chi connectivity index (χ0v) is 9.75. The summed E-state index contributed by atoms with van der Waals surface area (Å²) in [6.45, 7) is 2.23. The lowest BCUT2D eigenvalue weighted by Gasteiger charge is -2.12. The maximum atomic E-state index is 12.7. The van der Waals surface area contributed by atoms with Crippen LogP contribution in [0.2, 0.25) is 0 Å². The van der Waals surface area contributed by atoms with Crippen molar-refractivity contribution in [1.29, 1.82) is 0 Å². The van der Waals surface area contributed by atoms with Crippen molar-refractivity contribution in [2.45, 2.75) is 25.9 Å². The van der Waals surface area contributed by atoms with Gasteiger partial charge in [0, 0.05) is 0 Å². The Morgan fingerprint density at radius 1 is 1.39 bits per heavy atom. The van der Waals surface area contributed by atoms with E-state index in [-0.39, 0.29) is 5.75 Å². The molecule has 0 unspecified atom stereocenters. The Kier molecular flexibility index (Phi) is 4.58. The molecule has 6 heteroatoms. The average Bonchev–Trinajstić information content (AvgIpc) is 2.28. The van der Waals surface area contributed by atoms with Crippen molar-refractivity contribution in [1.82, 2.24) is 0 Å². The molecule has 0 saturated heterocycles. The minimum Gasteiger partial charge on any atom is -0.494 e. The van der Waals surface area contributed by atoms with Crippen molar-refractivity contribution in [2.24, 2.45) is 0 Å². The van der Waals surface area contributed by atoms with E-state index in [0.29, 0.717) is 6.61 Å². The monoisotopic (exact) mass is 262 g/mol. The molecular formula is C12H13F3O3. The van der Waals surface area contributed by atoms with E-state index in [9.17, 15) is 18.0 Å². The molecule has 1 aromatic rings. The van der Waals surface area contributed by atoms with Crippen LogP contribution in [0.4, 0.5) is 13.2 Å². The Balaban J connectivity index is 3.02. The number of hydrogen-bond donors (Lipinski definition) is 1. The fourth-order valence-electron chi connectivity index (χ4n) is 1.37. The summed E-state index contributed by atoms with van der Waals surface area (Å²) in [6, 6.07) is 2.86. The van der Waals surface area contributed by atoms with Crippen LogP contribution in [-0.4, -0.2) is 17.7 Å². The van der Waals surface area contributed by atoms with E-state index >= 15 is 0 Å². The molecule has 0 fully saturated rings. The number of benzene rings is 1. The van der Waals surface area contributed by atoms with Crippen molar-refractivity contribution >= 4 is 5.97 Å². The largest absolute Gasteiger partial charge is 0.494 e. The lowest BCUT2D eigenvalue weighted by atomic mass is 10.1. The van der Waals surface area contributed by atoms with E-state index in [1.54, 1.807) is 0 Å². The molecule has 0 radical (unpaired) electrons. The Hall–Kier alpha value is -1.72. The number of carboxylic acid groups (broad SMARTS) is 1. The van der Waals surface area contributed by atoms with Crippen LogP contribution in [0.15, 0.2) is 18.2 Å². The van der Waals surface area contributed by atoms with Crippen molar-refractivity contribution in [3.05, 3.63) is 29.3 Å². The number of ether oxygens (including phenoxy) is 1. The standard InChI is InChI=1S/C12H13F3O3/c1-2-3-6-18-8-4-5-9(11(16)17)10(7-8)12(13,14)15/h4-5,7H,2-3,6H2,1H3,(H,16,17). The van der Waals surface area contributed by atoms with E-state index in [1.165, 1.54) is 6.07 Å². The molecular weight excluding hydrogens is 249 g/mol. The van der Waals surface area contributed by atoms with Crippen LogP contribution in [0.1, 0.15) is 35.7 Å². The average molecular weight is 262 g/mol. The van der Waals surface area contributed by atoms with E-state index in [2.05, 4.69) is 0 Å². The second kappa shape index (κ2) is 5.75. The Labute approximate surface area is 102 Å². The number of alkyl halides is 3. The summed E-state index contributed by atoms with van der Waals surface area (Å²) in [5.41, 5.74) is -1.96. The number of hydrogen-bond acceptors (Lipinski definition) is 2. The second-order valence-corrected chi connectivity index (χ2v) is 3.71. The summed E-state index contributed by atoms with van der Waals surface area (Å²) in [5.74, 6) is -1.58. The quantitative estimate of drug-likeness (QED) is 0.825. The van der Waals surface area contributed by atoms with Gasteiger partial charge < -0.3 is 9.84 Å². The van der Waals surface area contributed by atoms with Gasteiger partial charge in [-0.1, -0.05) is 13.3 Å². The third kappa shape index (κ3) is 3.65. The summed E-state index contributed by atoms with van der Waals surface area (Å²) in [5, 5.41) is 8.69. The third-order valence-electron chi connectivity index (χ3n) is 2.29. The molecule has 0 aliphatic heterocycles. The van der Waals surface area contributed by atoms with Crippen LogP contribution in [0.25, 0.3) is 0 Å². The molecule has 3 nitrogen and oxygen atoms in total. The molecule has 0 amide bonds. The van der Waals surface area contributed by atoms with E-state index in [1.807, 2.05) is 6.92 Å². The van der Waals surface area contributed by atoms with E-state index in [4.69, 9.17) is 9.84 Å². The highest BCUT2D eigenvalue weighted by atomic mass is 19.4. The van der Waals surface area contributed by atoms with Crippen LogP contribution in [0, 0.1) is 0 Å². The number of halogens is 3. The SMILES string of the molecule is CCCCOc1ccc(C(=O)O)c(C(F)(F)F)c1. The molecule has 0 saturated carbocycles. The molecule has 0 spiro atoms. The van der Waals surface area contributed by atoms with Crippen molar-refractivity contribution < 1.29 is 27.8 Å². The third-order valence-corrected chi connectivity index (χ3v) is 2.29. The molecule has 0 heterocycles. The first kappa shape index (κ1) is 14.3. The fraction of sp³-hybridized carbons (Fsp3) is 0.417. The molecule has 0 aromatic heterocycles. The number of unbranched alkanes of at least 4 members (excludes halogenated alkanes) is 1. The molecule has 0 atom stereocenters. The zero-order chi connectivity index (χ0) is 13.8. The lowest BCUT2D eigenvalue weighted by molar-refractivity contribution is -0.138. The van der Waals surface area contributed by atoms with E-state index in [0.717, 1.165) is 25.0 Å². The minimum atomic E-state index is -4.71. The molecule has 0 aliphatic carbocycles. The summed E-state index contributed by atoms with van der Waals surface area (Å²) < 4.78 is 43.1. The first-order valence-corrected chi connectivity index (χ1v) is 5.43. The van der Waals surface area contributed by atoms with Crippen LogP contribution in [0.3, 0.4) is 0 Å². The number of carboxylic acids is 1. The van der Waals surface area contributed by atoms with Crippen molar-refractivity contribution in [3.8, 4) is 5.75 Å². The van der Waals surface area contributed by atoms with Crippen molar-refractivity contribution in [3.63, 3.8) is 0 Å². The smallest absolute Gasteiger partial charge is 0.417 e. The predicted octanol–water partition coefficient (Wildman–Crippen LogP) is 3.58. The number of rotatable bonds is 5. The highest BCUT2D eigenvalue weighted by Crippen LogP contribution is 2.34. The van der Waals surface area contributed by atoms with Gasteiger partial charge in [0.25, 0.3) is 0 Å². The minimum absolute atomic E-state index is 0.0285. The molecule has 18 heavy (non-hydrogen) atoms. The van der Waals surface area contributed by atoms with Gasteiger partial charge in [-0.15, -0.1) is 0 Å². The summed E-state index contributed by atoms with van der Waals surface area (Å²) in [4.78, 5) is 10.7. The van der Waals surface area contributed by atoms with Crippen LogP contribution < -0.4 is 4.74 Å². The molecule has 0 bridgehead atoms. The van der Waals surface area contributed by atoms with Gasteiger partial charge in [-0.3, -0.25) is 0 Å². The maximum absolute atomic E-state index is 12.7. The Morgan fingerprint density at radius 3 is 2.56 bits per heavy atom. The van der Waals surface area contributed by atoms with Gasteiger partial charge in [-0.2, -0.15) is 13.2 Å². The number of carbonyl (C=O) groups is 1. The molecule has 0 aliphatic rings. The van der Waals surface area contributed by atoms with Gasteiger partial charge in [0.2, 0.25) is 0 Å². The summed E-state index contributed by atoms with van der Waals surface area (Å²) in [6.07, 6.45) is -3.13. The Morgan fingerprint density at radius 2 is 2.06 bits per heavy atom. The van der Waals surface area contributed by atoms with E-state index < -0.39 is 23.3 Å². The summed E-state index contributed by atoms with van der Waals surface area (Å²) in [7, 11) is 0. The number of aromatic carboxylic acids is 1. The predicted molar refractivity (Wildman–Crippen MR) is 58.8 cm³/mol. The Bertz CT molecular complexity index is 427. The van der Waals surface area contributed by atoms with Crippen LogP contribution in [0.5, 0.6) is 5.75 Å². The topological polar surface area (TPSA) is 46.5 Å². The van der Waals surface area contributed by atoms with Gasteiger partial charge in [-0.25, -0.2) is 4.79 Å². The van der Waals surface area contributed by atoms with Gasteiger partial charge in [-0.05, 0) is 24.6 Å². The van der Waals surface area contributed by atoms with Gasteiger partial charge in [0.05, 0.1) is 17.7 Å². The maximum Gasteiger partial charge on any atom is 0.417 e. The van der Waals surface area contributed by atoms with Crippen LogP contribution in [-0.2, 0) is 6.18 Å². The molecule has 1 N–H and O–H groups in total. The van der Waals surface area contributed by atoms with Crippen LogP contribution >= 0.6 is 0 Å². The molecule has 1 aromatic carbocycles. The van der Waals surface area contributed by atoms with Gasteiger partial charge >= 0.3 is 12.1 Å². The first-order valence-electron chi connectivity index (χ1n) is 5.43. The van der Waals surface area contributed by atoms with Gasteiger partial charge in [0.15, 0.2) is 0 Å². The molecule has 100 valence electrons. The summed E-state index contributed by atoms with van der Waals surface area (Å²) >= 11 is 0.